The molecule has 0 radical (unpaired) electrons. The highest BCUT2D eigenvalue weighted by Crippen LogP contribution is 2.28. The molecule has 1 aromatic rings. The van der Waals surface area contributed by atoms with E-state index in [1.807, 2.05) is 11.0 Å². The van der Waals surface area contributed by atoms with Crippen molar-refractivity contribution in [1.82, 2.24) is 10.3 Å². The smallest absolute Gasteiger partial charge is 0.314 e. The predicted molar refractivity (Wildman–Crippen MR) is 72.5 cm³/mol. The molecule has 0 spiro atoms. The first-order valence-electron chi connectivity index (χ1n) is 6.59. The summed E-state index contributed by atoms with van der Waals surface area (Å²) in [7, 11) is -4.33. The van der Waals surface area contributed by atoms with Crippen molar-refractivity contribution in [2.75, 3.05) is 37.7 Å². The van der Waals surface area contributed by atoms with Crippen molar-refractivity contribution in [3.8, 4) is 0 Å². The van der Waals surface area contributed by atoms with Crippen molar-refractivity contribution in [3.05, 3.63) is 17.3 Å². The molecule has 0 unspecified atom stereocenters. The molecule has 1 fully saturated rings. The summed E-state index contributed by atoms with van der Waals surface area (Å²) < 4.78 is 37.9. The number of nitrogens with one attached hydrogen (secondary N) is 1. The van der Waals surface area contributed by atoms with E-state index in [0.29, 0.717) is 45.0 Å². The number of hydrogen-bond acceptors (Lipinski definition) is 6. The second-order valence-electron chi connectivity index (χ2n) is 4.92. The van der Waals surface area contributed by atoms with Gasteiger partial charge in [0.05, 0.1) is 18.9 Å². The number of hydrogen-bond donors (Lipinski definition) is 2. The van der Waals surface area contributed by atoms with Gasteiger partial charge in [0.2, 0.25) is 5.03 Å². The highest BCUT2D eigenvalue weighted by molar-refractivity contribution is 7.85. The van der Waals surface area contributed by atoms with Gasteiger partial charge < -0.3 is 15.0 Å². The molecular formula is C12H17N3O4S. The topological polar surface area (TPSA) is 91.8 Å². The summed E-state index contributed by atoms with van der Waals surface area (Å²) in [5.74, 6) is 0. The minimum atomic E-state index is -4.33. The van der Waals surface area contributed by atoms with Crippen LogP contribution in [0.3, 0.4) is 0 Å². The fourth-order valence-corrected chi connectivity index (χ4v) is 3.26. The fraction of sp³-hybridized carbons (Fsp3) is 0.583. The van der Waals surface area contributed by atoms with Crippen molar-refractivity contribution in [1.29, 1.82) is 0 Å². The number of nitrogens with zero attached hydrogens (tertiary/aromatic N) is 2. The summed E-state index contributed by atoms with van der Waals surface area (Å²) in [4.78, 5) is 6.10. The van der Waals surface area contributed by atoms with Gasteiger partial charge in [-0.15, -0.1) is 0 Å². The summed E-state index contributed by atoms with van der Waals surface area (Å²) in [6.45, 7) is 3.71. The normalized spacial score (nSPS) is 19.8. The highest BCUT2D eigenvalue weighted by atomic mass is 32.2. The number of rotatable bonds is 2. The van der Waals surface area contributed by atoms with Crippen molar-refractivity contribution >= 4 is 15.8 Å². The molecule has 1 aromatic heterocycles. The number of morpholine rings is 1. The van der Waals surface area contributed by atoms with E-state index in [2.05, 4.69) is 10.3 Å². The second kappa shape index (κ2) is 5.28. The van der Waals surface area contributed by atoms with E-state index in [4.69, 9.17) is 4.74 Å². The van der Waals surface area contributed by atoms with Crippen LogP contribution < -0.4 is 10.2 Å². The first kappa shape index (κ1) is 13.7. The molecule has 20 heavy (non-hydrogen) atoms. The van der Waals surface area contributed by atoms with E-state index >= 15 is 0 Å². The van der Waals surface area contributed by atoms with Crippen LogP contribution in [0, 0.1) is 0 Å². The summed E-state index contributed by atoms with van der Waals surface area (Å²) in [6, 6.07) is 1.82. The van der Waals surface area contributed by atoms with Crippen molar-refractivity contribution in [2.24, 2.45) is 0 Å². The van der Waals surface area contributed by atoms with Gasteiger partial charge in [-0.25, -0.2) is 4.98 Å². The molecular weight excluding hydrogens is 282 g/mol. The van der Waals surface area contributed by atoms with Crippen LogP contribution in [0.2, 0.25) is 0 Å². The standard InChI is InChI=1S/C12H17N3O4S/c16-20(17,18)12-11(15-3-5-19-6-4-15)7-9-8-13-2-1-10(9)14-12/h7,13H,1-6,8H2,(H,16,17,18). The summed E-state index contributed by atoms with van der Waals surface area (Å²) in [5.41, 5.74) is 2.21. The van der Waals surface area contributed by atoms with Crippen LogP contribution in [0.5, 0.6) is 0 Å². The Bertz CT molecular complexity index is 611. The molecule has 8 heteroatoms. The Morgan fingerprint density at radius 1 is 1.35 bits per heavy atom. The molecule has 3 heterocycles. The van der Waals surface area contributed by atoms with Crippen LogP contribution in [-0.4, -0.2) is 50.8 Å². The lowest BCUT2D eigenvalue weighted by Gasteiger charge is -2.31. The van der Waals surface area contributed by atoms with Gasteiger partial charge in [-0.1, -0.05) is 0 Å². The maximum atomic E-state index is 11.6. The van der Waals surface area contributed by atoms with Crippen molar-refractivity contribution in [3.63, 3.8) is 0 Å². The average molecular weight is 299 g/mol. The van der Waals surface area contributed by atoms with E-state index in [1.165, 1.54) is 0 Å². The van der Waals surface area contributed by atoms with E-state index in [-0.39, 0.29) is 5.03 Å². The Morgan fingerprint density at radius 3 is 2.80 bits per heavy atom. The van der Waals surface area contributed by atoms with Crippen LogP contribution in [-0.2, 0) is 27.8 Å². The molecule has 2 aliphatic heterocycles. The molecule has 0 saturated carbocycles. The summed E-state index contributed by atoms with van der Waals surface area (Å²) in [5, 5.41) is 3.00. The Morgan fingerprint density at radius 2 is 2.10 bits per heavy atom. The number of ether oxygens (including phenoxy) is 1. The maximum absolute atomic E-state index is 11.6. The van der Waals surface area contributed by atoms with Gasteiger partial charge in [0.25, 0.3) is 0 Å². The zero-order valence-corrected chi connectivity index (χ0v) is 11.8. The molecule has 7 nitrogen and oxygen atoms in total. The third-order valence-electron chi connectivity index (χ3n) is 3.59. The van der Waals surface area contributed by atoms with Crippen molar-refractivity contribution in [2.45, 2.75) is 18.0 Å². The molecule has 2 N–H and O–H groups in total. The van der Waals surface area contributed by atoms with E-state index < -0.39 is 10.1 Å². The third kappa shape index (κ3) is 2.64. The van der Waals surface area contributed by atoms with E-state index in [0.717, 1.165) is 17.8 Å². The molecule has 0 aliphatic carbocycles. The minimum Gasteiger partial charge on any atom is -0.378 e. The molecule has 0 bridgehead atoms. The van der Waals surface area contributed by atoms with Gasteiger partial charge >= 0.3 is 10.1 Å². The minimum absolute atomic E-state index is 0.236. The average Bonchev–Trinajstić information content (AvgIpc) is 2.46. The first-order valence-corrected chi connectivity index (χ1v) is 8.03. The molecule has 0 aromatic carbocycles. The second-order valence-corrected chi connectivity index (χ2v) is 6.26. The fourth-order valence-electron chi connectivity index (χ4n) is 2.58. The van der Waals surface area contributed by atoms with Gasteiger partial charge in [-0.2, -0.15) is 8.42 Å². The first-order chi connectivity index (χ1) is 9.55. The van der Waals surface area contributed by atoms with Crippen LogP contribution in [0.25, 0.3) is 0 Å². The van der Waals surface area contributed by atoms with Crippen LogP contribution in [0.4, 0.5) is 5.69 Å². The Hall–Kier alpha value is -1.22. The SMILES string of the molecule is O=S(=O)(O)c1nc2c(cc1N1CCOCC1)CNCC2. The highest BCUT2D eigenvalue weighted by Gasteiger charge is 2.26. The molecule has 3 rings (SSSR count). The zero-order valence-electron chi connectivity index (χ0n) is 11.0. The lowest BCUT2D eigenvalue weighted by Crippen LogP contribution is -2.38. The third-order valence-corrected chi connectivity index (χ3v) is 4.38. The molecule has 0 amide bonds. The van der Waals surface area contributed by atoms with Crippen molar-refractivity contribution < 1.29 is 17.7 Å². The molecule has 110 valence electrons. The van der Waals surface area contributed by atoms with Crippen LogP contribution in [0.1, 0.15) is 11.3 Å². The van der Waals surface area contributed by atoms with Gasteiger partial charge in [0.1, 0.15) is 0 Å². The zero-order chi connectivity index (χ0) is 14.2. The lowest BCUT2D eigenvalue weighted by molar-refractivity contribution is 0.122. The number of fused-ring (bicyclic) bond motifs is 1. The summed E-state index contributed by atoms with van der Waals surface area (Å²) in [6.07, 6.45) is 0.668. The Labute approximate surface area is 117 Å². The van der Waals surface area contributed by atoms with Gasteiger partial charge in [0, 0.05) is 38.3 Å². The van der Waals surface area contributed by atoms with E-state index in [9.17, 15) is 13.0 Å². The lowest BCUT2D eigenvalue weighted by atomic mass is 10.1. The van der Waals surface area contributed by atoms with Gasteiger partial charge in [-0.3, -0.25) is 4.55 Å². The molecule has 0 atom stereocenters. The quantitative estimate of drug-likeness (QED) is 0.731. The Kier molecular flexibility index (Phi) is 3.63. The monoisotopic (exact) mass is 299 g/mol. The number of anilines is 1. The number of pyridine rings is 1. The predicted octanol–water partition coefficient (Wildman–Crippen LogP) is -0.189. The molecule has 2 aliphatic rings. The van der Waals surface area contributed by atoms with Crippen LogP contribution >= 0.6 is 0 Å². The van der Waals surface area contributed by atoms with Gasteiger partial charge in [-0.05, 0) is 11.6 Å². The maximum Gasteiger partial charge on any atom is 0.314 e. The summed E-state index contributed by atoms with van der Waals surface area (Å²) >= 11 is 0. The van der Waals surface area contributed by atoms with E-state index in [1.54, 1.807) is 0 Å². The van der Waals surface area contributed by atoms with Crippen LogP contribution in [0.15, 0.2) is 11.1 Å². The van der Waals surface area contributed by atoms with Gasteiger partial charge in [0.15, 0.2) is 0 Å². The molecule has 1 saturated heterocycles. The largest absolute Gasteiger partial charge is 0.378 e. The Balaban J connectivity index is 2.09. The number of aromatic nitrogens is 1.